The number of aromatic hydroxyl groups is 1. The summed E-state index contributed by atoms with van der Waals surface area (Å²) in [7, 11) is 0. The van der Waals surface area contributed by atoms with Crippen LogP contribution in [0.1, 0.15) is 62.0 Å². The molecule has 0 fully saturated rings. The molecular weight excluding hydrogens is 364 g/mol. The molecule has 150 valence electrons. The number of hydrogen-bond donors (Lipinski definition) is 1. The first kappa shape index (κ1) is 18.2. The highest BCUT2D eigenvalue weighted by Crippen LogP contribution is 2.55. The van der Waals surface area contributed by atoms with Gasteiger partial charge < -0.3 is 19.3 Å². The Morgan fingerprint density at radius 3 is 2.72 bits per heavy atom. The molecule has 4 nitrogen and oxygen atoms in total. The first-order valence-electron chi connectivity index (χ1n) is 10.2. The molecule has 3 heterocycles. The molecule has 0 saturated carbocycles. The molecule has 4 heteroatoms. The van der Waals surface area contributed by atoms with Gasteiger partial charge in [-0.05, 0) is 64.5 Å². The Bertz CT molecular complexity index is 1060. The fraction of sp³-hybridized carbons (Fsp3) is 0.360. The maximum atomic E-state index is 10.4. The smallest absolute Gasteiger partial charge is 0.138 e. The maximum Gasteiger partial charge on any atom is 0.138 e. The van der Waals surface area contributed by atoms with Crippen molar-refractivity contribution < 1.29 is 19.3 Å². The van der Waals surface area contributed by atoms with Gasteiger partial charge in [0.15, 0.2) is 0 Å². The predicted molar refractivity (Wildman–Crippen MR) is 113 cm³/mol. The lowest BCUT2D eigenvalue weighted by molar-refractivity contribution is 0.136. The van der Waals surface area contributed by atoms with Crippen LogP contribution in [-0.2, 0) is 6.42 Å². The van der Waals surface area contributed by atoms with Gasteiger partial charge >= 0.3 is 0 Å². The van der Waals surface area contributed by atoms with Crippen LogP contribution < -0.4 is 14.2 Å². The SMILES string of the molecule is CC(C)=CCc1c(O)ccc2c1OC[C@H]1c3ccc4c(c3O[C@@H]21)C=CC(C)(C)O4. The van der Waals surface area contributed by atoms with Gasteiger partial charge in [0.25, 0.3) is 0 Å². The lowest BCUT2D eigenvalue weighted by Crippen LogP contribution is -2.27. The Kier molecular flexibility index (Phi) is 3.95. The number of hydrogen-bond acceptors (Lipinski definition) is 4. The first-order valence-corrected chi connectivity index (χ1v) is 10.2. The van der Waals surface area contributed by atoms with E-state index in [0.717, 1.165) is 39.5 Å². The molecule has 2 atom stereocenters. The maximum absolute atomic E-state index is 10.4. The van der Waals surface area contributed by atoms with Gasteiger partial charge in [-0.15, -0.1) is 0 Å². The van der Waals surface area contributed by atoms with Crippen LogP contribution in [0.5, 0.6) is 23.0 Å². The predicted octanol–water partition coefficient (Wildman–Crippen LogP) is 5.69. The standard InChI is InChI=1S/C25H26O4/c1-14(2)5-6-16-20(26)9-7-18-22(16)27-13-19-15-8-10-21-17(23(15)28-24(18)19)11-12-25(3,4)29-21/h5,7-12,19,24,26H,6,13H2,1-4H3/t19-,24-/m0/s1. The van der Waals surface area contributed by atoms with Crippen molar-refractivity contribution in [3.8, 4) is 23.0 Å². The minimum absolute atomic E-state index is 0.116. The summed E-state index contributed by atoms with van der Waals surface area (Å²) in [5, 5.41) is 10.4. The van der Waals surface area contributed by atoms with Crippen LogP contribution in [0, 0.1) is 0 Å². The molecule has 1 N–H and O–H groups in total. The highest BCUT2D eigenvalue weighted by atomic mass is 16.5. The van der Waals surface area contributed by atoms with Gasteiger partial charge in [-0.2, -0.15) is 0 Å². The minimum atomic E-state index is -0.320. The summed E-state index contributed by atoms with van der Waals surface area (Å²) in [6, 6.07) is 7.83. The van der Waals surface area contributed by atoms with Crippen molar-refractivity contribution >= 4 is 6.08 Å². The third-order valence-corrected chi connectivity index (χ3v) is 5.92. The summed E-state index contributed by atoms with van der Waals surface area (Å²) < 4.78 is 18.8. The Morgan fingerprint density at radius 2 is 1.93 bits per heavy atom. The molecule has 3 aliphatic heterocycles. The summed E-state index contributed by atoms with van der Waals surface area (Å²) in [5.41, 5.74) is 4.88. The molecule has 5 rings (SSSR count). The van der Waals surface area contributed by atoms with E-state index < -0.39 is 0 Å². The zero-order chi connectivity index (χ0) is 20.3. The van der Waals surface area contributed by atoms with E-state index in [-0.39, 0.29) is 23.4 Å². The van der Waals surface area contributed by atoms with Gasteiger partial charge in [0.1, 0.15) is 34.7 Å². The number of allylic oxidation sites excluding steroid dienone is 2. The van der Waals surface area contributed by atoms with E-state index in [1.165, 1.54) is 5.57 Å². The van der Waals surface area contributed by atoms with Gasteiger partial charge in [0.2, 0.25) is 0 Å². The zero-order valence-corrected chi connectivity index (χ0v) is 17.3. The molecular formula is C25H26O4. The fourth-order valence-corrected chi connectivity index (χ4v) is 4.41. The largest absolute Gasteiger partial charge is 0.508 e. The molecule has 0 aromatic heterocycles. The van der Waals surface area contributed by atoms with Crippen LogP contribution in [0.15, 0.2) is 42.0 Å². The van der Waals surface area contributed by atoms with Crippen molar-refractivity contribution in [1.29, 1.82) is 0 Å². The van der Waals surface area contributed by atoms with E-state index in [4.69, 9.17) is 14.2 Å². The summed E-state index contributed by atoms with van der Waals surface area (Å²) in [6.45, 7) is 8.74. The van der Waals surface area contributed by atoms with Gasteiger partial charge in [-0.3, -0.25) is 0 Å². The average molecular weight is 390 g/mol. The second-order valence-electron chi connectivity index (χ2n) is 8.86. The summed E-state index contributed by atoms with van der Waals surface area (Å²) in [5.74, 6) is 2.90. The van der Waals surface area contributed by atoms with Gasteiger partial charge in [-0.25, -0.2) is 0 Å². The molecule has 0 radical (unpaired) electrons. The topological polar surface area (TPSA) is 47.9 Å². The lowest BCUT2D eigenvalue weighted by Gasteiger charge is -2.29. The lowest BCUT2D eigenvalue weighted by atomic mass is 9.87. The molecule has 29 heavy (non-hydrogen) atoms. The highest BCUT2D eigenvalue weighted by molar-refractivity contribution is 5.71. The van der Waals surface area contributed by atoms with Crippen LogP contribution in [0.4, 0.5) is 0 Å². The first-order chi connectivity index (χ1) is 13.8. The molecule has 0 amide bonds. The average Bonchev–Trinajstić information content (AvgIpc) is 3.05. The molecule has 0 bridgehead atoms. The molecule has 0 unspecified atom stereocenters. The van der Waals surface area contributed by atoms with Crippen LogP contribution in [0.25, 0.3) is 6.08 Å². The van der Waals surface area contributed by atoms with Gasteiger partial charge in [-0.1, -0.05) is 17.7 Å². The van der Waals surface area contributed by atoms with Crippen molar-refractivity contribution in [2.24, 2.45) is 0 Å². The number of ether oxygens (including phenoxy) is 3. The second kappa shape index (κ2) is 6.31. The third-order valence-electron chi connectivity index (χ3n) is 5.92. The minimum Gasteiger partial charge on any atom is -0.508 e. The van der Waals surface area contributed by atoms with Crippen LogP contribution in [0.2, 0.25) is 0 Å². The van der Waals surface area contributed by atoms with E-state index in [1.807, 2.05) is 26.0 Å². The number of phenolic OH excluding ortho intramolecular Hbond substituents is 1. The van der Waals surface area contributed by atoms with Crippen molar-refractivity contribution in [3.63, 3.8) is 0 Å². The van der Waals surface area contributed by atoms with E-state index in [0.29, 0.717) is 13.0 Å². The Labute approximate surface area is 171 Å². The molecule has 0 aliphatic carbocycles. The van der Waals surface area contributed by atoms with Crippen molar-refractivity contribution in [1.82, 2.24) is 0 Å². The third kappa shape index (κ3) is 2.89. The molecule has 2 aromatic rings. The van der Waals surface area contributed by atoms with Gasteiger partial charge in [0.05, 0.1) is 18.1 Å². The highest BCUT2D eigenvalue weighted by Gasteiger charge is 2.43. The number of fused-ring (bicyclic) bond motifs is 7. The van der Waals surface area contributed by atoms with E-state index in [2.05, 4.69) is 38.1 Å². The second-order valence-corrected chi connectivity index (χ2v) is 8.86. The van der Waals surface area contributed by atoms with Gasteiger partial charge in [0, 0.05) is 16.7 Å². The molecule has 0 spiro atoms. The number of benzene rings is 2. The van der Waals surface area contributed by atoms with E-state index in [1.54, 1.807) is 6.07 Å². The quantitative estimate of drug-likeness (QED) is 0.669. The normalized spacial score (nSPS) is 22.2. The Hall–Kier alpha value is -2.88. The zero-order valence-electron chi connectivity index (χ0n) is 17.3. The van der Waals surface area contributed by atoms with Crippen LogP contribution in [-0.4, -0.2) is 17.3 Å². The molecule has 0 saturated heterocycles. The molecule has 2 aromatic carbocycles. The Balaban J connectivity index is 1.56. The van der Waals surface area contributed by atoms with E-state index in [9.17, 15) is 5.11 Å². The van der Waals surface area contributed by atoms with Crippen LogP contribution >= 0.6 is 0 Å². The number of rotatable bonds is 2. The fourth-order valence-electron chi connectivity index (χ4n) is 4.41. The van der Waals surface area contributed by atoms with Crippen molar-refractivity contribution in [2.45, 2.75) is 51.7 Å². The summed E-state index contributed by atoms with van der Waals surface area (Å²) >= 11 is 0. The van der Waals surface area contributed by atoms with Crippen molar-refractivity contribution in [2.75, 3.05) is 6.61 Å². The number of phenols is 1. The summed E-state index contributed by atoms with van der Waals surface area (Å²) in [4.78, 5) is 0. The monoisotopic (exact) mass is 390 g/mol. The molecule has 3 aliphatic rings. The summed E-state index contributed by atoms with van der Waals surface area (Å²) in [6.07, 6.45) is 6.81. The van der Waals surface area contributed by atoms with E-state index >= 15 is 0 Å². The Morgan fingerprint density at radius 1 is 1.14 bits per heavy atom. The van der Waals surface area contributed by atoms with Crippen molar-refractivity contribution in [3.05, 3.63) is 64.2 Å². The van der Waals surface area contributed by atoms with Crippen LogP contribution in [0.3, 0.4) is 0 Å².